The molecule has 1 aromatic heterocycles. The number of amides is 1. The van der Waals surface area contributed by atoms with Crippen molar-refractivity contribution in [3.05, 3.63) is 34.5 Å². The average molecular weight is 309 g/mol. The second kappa shape index (κ2) is 6.50. The minimum absolute atomic E-state index is 0.350. The van der Waals surface area contributed by atoms with Gasteiger partial charge in [0.15, 0.2) is 0 Å². The van der Waals surface area contributed by atoms with Crippen LogP contribution in [-0.2, 0) is 11.3 Å². The Hall–Kier alpha value is -1.52. The van der Waals surface area contributed by atoms with E-state index >= 15 is 0 Å². The molecule has 4 nitrogen and oxygen atoms in total. The van der Waals surface area contributed by atoms with Crippen molar-refractivity contribution < 1.29 is 9.90 Å². The van der Waals surface area contributed by atoms with Gasteiger partial charge in [-0.15, -0.1) is 0 Å². The number of fused-ring (bicyclic) bond motifs is 1. The summed E-state index contributed by atoms with van der Waals surface area (Å²) in [5, 5.41) is 13.9. The highest BCUT2D eigenvalue weighted by atomic mass is 35.5. The van der Waals surface area contributed by atoms with Gasteiger partial charge in [-0.3, -0.25) is 4.79 Å². The maximum atomic E-state index is 11.6. The van der Waals surface area contributed by atoms with Crippen molar-refractivity contribution in [1.82, 2.24) is 10.3 Å². The Morgan fingerprint density at radius 2 is 2.10 bits per heavy atom. The molecule has 0 fully saturated rings. The highest BCUT2D eigenvalue weighted by Crippen LogP contribution is 2.29. The summed E-state index contributed by atoms with van der Waals surface area (Å²) in [6.45, 7) is 6.33. The van der Waals surface area contributed by atoms with Gasteiger partial charge in [-0.2, -0.15) is 0 Å². The third-order valence-corrected chi connectivity index (χ3v) is 3.89. The van der Waals surface area contributed by atoms with Crippen molar-refractivity contribution in [2.75, 3.05) is 0 Å². The summed E-state index contributed by atoms with van der Waals surface area (Å²) in [4.78, 5) is 14.8. The van der Waals surface area contributed by atoms with Crippen LogP contribution in [0, 0.1) is 0 Å². The van der Waals surface area contributed by atoms with Crippen LogP contribution in [0.3, 0.4) is 0 Å². The van der Waals surface area contributed by atoms with Crippen LogP contribution in [0.4, 0.5) is 0 Å². The molecule has 1 atom stereocenters. The molecule has 0 aliphatic rings. The molecule has 0 bridgehead atoms. The first-order chi connectivity index (χ1) is 9.92. The van der Waals surface area contributed by atoms with Crippen molar-refractivity contribution in [2.45, 2.75) is 45.8 Å². The maximum absolute atomic E-state index is 11.6. The zero-order valence-corrected chi connectivity index (χ0v) is 13.3. The molecule has 21 heavy (non-hydrogen) atoms. The van der Waals surface area contributed by atoms with Crippen LogP contribution < -0.4 is 5.32 Å². The zero-order valence-electron chi connectivity index (χ0n) is 12.5. The molecule has 1 unspecified atom stereocenters. The van der Waals surface area contributed by atoms with Crippen molar-refractivity contribution in [3.8, 4) is 0 Å². The summed E-state index contributed by atoms with van der Waals surface area (Å²) in [5.41, 5.74) is 2.99. The predicted octanol–water partition coefficient (Wildman–Crippen LogP) is 3.33. The number of aliphatic hydroxyl groups is 1. The van der Waals surface area contributed by atoms with Crippen LogP contribution in [0.5, 0.6) is 0 Å². The van der Waals surface area contributed by atoms with Gasteiger partial charge in [-0.05, 0) is 36.1 Å². The van der Waals surface area contributed by atoms with E-state index in [-0.39, 0.29) is 5.91 Å². The molecule has 1 aromatic carbocycles. The van der Waals surface area contributed by atoms with Crippen molar-refractivity contribution in [1.29, 1.82) is 0 Å². The highest BCUT2D eigenvalue weighted by molar-refractivity contribution is 6.32. The topological polar surface area (TPSA) is 65.1 Å². The molecule has 0 aliphatic heterocycles. The number of aliphatic hydroxyl groups excluding tert-OH is 1. The van der Waals surface area contributed by atoms with Gasteiger partial charge in [-0.25, -0.2) is 0 Å². The van der Waals surface area contributed by atoms with Gasteiger partial charge in [-0.1, -0.05) is 32.4 Å². The fraction of sp³-hybridized carbons (Fsp3) is 0.438. The molecule has 2 aromatic rings. The SMILES string of the molecule is CCC(O)C(=O)NCc1cc2cc(Cl)c(C(C)C)cc2[nH]1. The largest absolute Gasteiger partial charge is 0.383 e. The monoisotopic (exact) mass is 308 g/mol. The van der Waals surface area contributed by atoms with Gasteiger partial charge in [0.2, 0.25) is 5.91 Å². The number of hydrogen-bond acceptors (Lipinski definition) is 2. The van der Waals surface area contributed by atoms with Gasteiger partial charge in [0, 0.05) is 21.6 Å². The molecule has 0 saturated heterocycles. The third-order valence-electron chi connectivity index (χ3n) is 3.56. The third kappa shape index (κ3) is 3.57. The van der Waals surface area contributed by atoms with E-state index in [1.54, 1.807) is 6.92 Å². The Balaban J connectivity index is 2.18. The minimum atomic E-state index is -0.948. The van der Waals surface area contributed by atoms with E-state index in [4.69, 9.17) is 11.6 Å². The summed E-state index contributed by atoms with van der Waals surface area (Å²) in [6.07, 6.45) is -0.539. The lowest BCUT2D eigenvalue weighted by Gasteiger charge is -2.08. The highest BCUT2D eigenvalue weighted by Gasteiger charge is 2.13. The Kier molecular flexibility index (Phi) is 4.91. The van der Waals surface area contributed by atoms with E-state index in [0.717, 1.165) is 27.2 Å². The number of hydrogen-bond donors (Lipinski definition) is 3. The smallest absolute Gasteiger partial charge is 0.249 e. The number of benzene rings is 1. The van der Waals surface area contributed by atoms with E-state index < -0.39 is 6.10 Å². The summed E-state index contributed by atoms with van der Waals surface area (Å²) >= 11 is 6.28. The number of rotatable bonds is 5. The van der Waals surface area contributed by atoms with Crippen LogP contribution >= 0.6 is 11.6 Å². The molecular formula is C16H21ClN2O2. The van der Waals surface area contributed by atoms with E-state index in [1.807, 2.05) is 12.1 Å². The van der Waals surface area contributed by atoms with E-state index in [9.17, 15) is 9.90 Å². The standard InChI is InChI=1S/C16H21ClN2O2/c1-4-15(20)16(21)18-8-11-5-10-6-13(17)12(9(2)3)7-14(10)19-11/h5-7,9,15,19-20H,4,8H2,1-3H3,(H,18,21). The fourth-order valence-corrected chi connectivity index (χ4v) is 2.64. The predicted molar refractivity (Wildman–Crippen MR) is 85.5 cm³/mol. The molecule has 2 rings (SSSR count). The van der Waals surface area contributed by atoms with Gasteiger partial charge in [0.1, 0.15) is 6.10 Å². The number of carbonyl (C=O) groups is 1. The molecule has 3 N–H and O–H groups in total. The first-order valence-electron chi connectivity index (χ1n) is 7.19. The van der Waals surface area contributed by atoms with Crippen molar-refractivity contribution in [3.63, 3.8) is 0 Å². The van der Waals surface area contributed by atoms with Gasteiger partial charge >= 0.3 is 0 Å². The second-order valence-electron chi connectivity index (χ2n) is 5.55. The van der Waals surface area contributed by atoms with Crippen LogP contribution in [0.15, 0.2) is 18.2 Å². The fourth-order valence-electron chi connectivity index (χ4n) is 2.25. The Morgan fingerprint density at radius 1 is 1.38 bits per heavy atom. The molecule has 0 radical (unpaired) electrons. The van der Waals surface area contributed by atoms with Gasteiger partial charge in [0.05, 0.1) is 6.54 Å². The quantitative estimate of drug-likeness (QED) is 0.793. The number of aromatic amines is 1. The van der Waals surface area contributed by atoms with E-state index in [2.05, 4.69) is 30.2 Å². The van der Waals surface area contributed by atoms with E-state index in [1.165, 1.54) is 0 Å². The number of carbonyl (C=O) groups excluding carboxylic acids is 1. The molecule has 5 heteroatoms. The summed E-state index contributed by atoms with van der Waals surface area (Å²) in [5.74, 6) is 0.00473. The minimum Gasteiger partial charge on any atom is -0.383 e. The van der Waals surface area contributed by atoms with E-state index in [0.29, 0.717) is 18.9 Å². The number of halogens is 1. The molecule has 1 amide bonds. The molecule has 0 aliphatic carbocycles. The van der Waals surface area contributed by atoms with Crippen molar-refractivity contribution >= 4 is 28.4 Å². The zero-order chi connectivity index (χ0) is 15.6. The van der Waals surface area contributed by atoms with Crippen LogP contribution in [0.25, 0.3) is 10.9 Å². The normalized spacial score (nSPS) is 12.9. The van der Waals surface area contributed by atoms with Crippen molar-refractivity contribution in [2.24, 2.45) is 0 Å². The first kappa shape index (κ1) is 15.9. The van der Waals surface area contributed by atoms with Crippen LogP contribution in [-0.4, -0.2) is 22.1 Å². The molecule has 1 heterocycles. The van der Waals surface area contributed by atoms with Crippen LogP contribution in [0.1, 0.15) is 44.4 Å². The number of H-pyrrole nitrogens is 1. The number of aromatic nitrogens is 1. The summed E-state index contributed by atoms with van der Waals surface area (Å²) in [7, 11) is 0. The Bertz CT molecular complexity index is 649. The lowest BCUT2D eigenvalue weighted by atomic mass is 10.0. The lowest BCUT2D eigenvalue weighted by molar-refractivity contribution is -0.129. The molecular weight excluding hydrogens is 288 g/mol. The molecule has 0 spiro atoms. The first-order valence-corrected chi connectivity index (χ1v) is 7.57. The summed E-state index contributed by atoms with van der Waals surface area (Å²) < 4.78 is 0. The Labute approximate surface area is 129 Å². The molecule has 114 valence electrons. The maximum Gasteiger partial charge on any atom is 0.249 e. The summed E-state index contributed by atoms with van der Waals surface area (Å²) in [6, 6.07) is 5.95. The second-order valence-corrected chi connectivity index (χ2v) is 5.96. The van der Waals surface area contributed by atoms with Gasteiger partial charge in [0.25, 0.3) is 0 Å². The number of nitrogens with one attached hydrogen (secondary N) is 2. The lowest BCUT2D eigenvalue weighted by Crippen LogP contribution is -2.33. The average Bonchev–Trinajstić information content (AvgIpc) is 2.84. The van der Waals surface area contributed by atoms with Crippen LogP contribution in [0.2, 0.25) is 5.02 Å². The van der Waals surface area contributed by atoms with Gasteiger partial charge < -0.3 is 15.4 Å². The molecule has 0 saturated carbocycles. The Morgan fingerprint density at radius 3 is 2.71 bits per heavy atom.